The number of hydrogen-bond acceptors (Lipinski definition) is 4. The first-order chi connectivity index (χ1) is 11.8. The van der Waals surface area contributed by atoms with Gasteiger partial charge in [-0.25, -0.2) is 5.53 Å². The average molecular weight is 332 g/mol. The molecule has 0 saturated carbocycles. The Kier molecular flexibility index (Phi) is 8.06. The van der Waals surface area contributed by atoms with E-state index in [0.717, 1.165) is 31.9 Å². The summed E-state index contributed by atoms with van der Waals surface area (Å²) in [6.45, 7) is 7.42. The predicted octanol–water partition coefficient (Wildman–Crippen LogP) is 6.32. The molecule has 134 valence electrons. The van der Waals surface area contributed by atoms with Gasteiger partial charge in [-0.15, -0.1) is 0 Å². The molecule has 1 fully saturated rings. The molecular weight excluding hydrogens is 298 g/mol. The van der Waals surface area contributed by atoms with E-state index in [1.54, 1.807) is 0 Å². The summed E-state index contributed by atoms with van der Waals surface area (Å²) in [5.41, 5.74) is 9.25. The van der Waals surface area contributed by atoms with Crippen LogP contribution in [-0.2, 0) is 0 Å². The maximum absolute atomic E-state index is 7.41. The smallest absolute Gasteiger partial charge is 0.148 e. The van der Waals surface area contributed by atoms with Gasteiger partial charge in [0.25, 0.3) is 0 Å². The van der Waals surface area contributed by atoms with Gasteiger partial charge in [0.2, 0.25) is 0 Å². The van der Waals surface area contributed by atoms with Crippen LogP contribution in [0.1, 0.15) is 65.2 Å². The summed E-state index contributed by atoms with van der Waals surface area (Å²) in [6, 6.07) is 6.10. The lowest BCUT2D eigenvalue weighted by atomic mass is 10.0. The Morgan fingerprint density at radius 3 is 2.54 bits per heavy atom. The Bertz CT molecular complexity index is 496. The lowest BCUT2D eigenvalue weighted by Gasteiger charge is -2.24. The first-order valence-corrected chi connectivity index (χ1v) is 9.67. The van der Waals surface area contributed by atoms with Crippen molar-refractivity contribution < 1.29 is 4.74 Å². The van der Waals surface area contributed by atoms with Crippen LogP contribution >= 0.6 is 0 Å². The van der Waals surface area contributed by atoms with E-state index in [-0.39, 0.29) is 0 Å². The Morgan fingerprint density at radius 2 is 1.92 bits per heavy atom. The first kappa shape index (κ1) is 18.8. The van der Waals surface area contributed by atoms with Crippen molar-refractivity contribution in [3.05, 3.63) is 18.2 Å². The fourth-order valence-corrected chi connectivity index (χ4v) is 3.34. The fraction of sp³-hybridized carbons (Fsp3) is 0.700. The lowest BCUT2D eigenvalue weighted by Crippen LogP contribution is -2.23. The van der Waals surface area contributed by atoms with Crippen molar-refractivity contribution in [2.75, 3.05) is 24.6 Å². The zero-order valence-electron chi connectivity index (χ0n) is 15.4. The van der Waals surface area contributed by atoms with Crippen LogP contribution in [0, 0.1) is 11.4 Å². The van der Waals surface area contributed by atoms with Crippen LogP contribution in [0.2, 0.25) is 0 Å². The number of nitrogens with zero attached hydrogens (tertiary/aromatic N) is 2. The number of nitrogens with one attached hydrogen (secondary N) is 1. The maximum atomic E-state index is 7.41. The monoisotopic (exact) mass is 331 g/mol. The molecule has 0 amide bonds. The van der Waals surface area contributed by atoms with Crippen LogP contribution in [-0.4, -0.2) is 19.7 Å². The van der Waals surface area contributed by atoms with E-state index in [1.807, 2.05) is 6.07 Å². The second-order valence-electron chi connectivity index (χ2n) is 6.89. The number of rotatable bonds is 9. The highest BCUT2D eigenvalue weighted by Gasteiger charge is 2.14. The van der Waals surface area contributed by atoms with Gasteiger partial charge in [0, 0.05) is 24.8 Å². The zero-order chi connectivity index (χ0) is 17.2. The summed E-state index contributed by atoms with van der Waals surface area (Å²) in [5, 5.41) is 3.65. The van der Waals surface area contributed by atoms with E-state index >= 15 is 0 Å². The van der Waals surface area contributed by atoms with Crippen LogP contribution in [0.15, 0.2) is 23.3 Å². The van der Waals surface area contributed by atoms with Crippen molar-refractivity contribution in [2.45, 2.75) is 65.2 Å². The molecule has 1 aromatic carbocycles. The van der Waals surface area contributed by atoms with Crippen LogP contribution in [0.3, 0.4) is 0 Å². The molecular formula is C20H33N3O. The van der Waals surface area contributed by atoms with E-state index in [4.69, 9.17) is 10.3 Å². The van der Waals surface area contributed by atoms with E-state index in [1.165, 1.54) is 50.6 Å². The van der Waals surface area contributed by atoms with Gasteiger partial charge in [0.1, 0.15) is 11.4 Å². The van der Waals surface area contributed by atoms with E-state index in [0.29, 0.717) is 11.6 Å². The number of hydrogen-bond donors (Lipinski definition) is 1. The summed E-state index contributed by atoms with van der Waals surface area (Å²) < 4.78 is 6.10. The molecule has 0 spiro atoms. The first-order valence-electron chi connectivity index (χ1n) is 9.67. The Hall–Kier alpha value is -1.58. The second kappa shape index (κ2) is 10.3. The standard InChI is InChI=1S/C20H33N3O/c1-3-5-10-17(4-2)16-24-20-15-18(11-12-19(20)22-21)23-13-8-6-7-9-14-23/h11-12,15,17,21H,3-10,13-14,16H2,1-2H3. The van der Waals surface area contributed by atoms with E-state index < -0.39 is 0 Å². The molecule has 1 aliphatic rings. The summed E-state index contributed by atoms with van der Waals surface area (Å²) in [5.74, 6) is 1.35. The maximum Gasteiger partial charge on any atom is 0.148 e. The van der Waals surface area contributed by atoms with Gasteiger partial charge in [-0.05, 0) is 37.3 Å². The van der Waals surface area contributed by atoms with Crippen molar-refractivity contribution in [3.8, 4) is 5.75 Å². The molecule has 0 aromatic heterocycles. The summed E-state index contributed by atoms with van der Waals surface area (Å²) in [7, 11) is 0. The SMILES string of the molecule is CCCCC(CC)COc1cc(N2CCCCCC2)ccc1N=N. The van der Waals surface area contributed by atoms with Crippen molar-refractivity contribution in [3.63, 3.8) is 0 Å². The normalized spacial score (nSPS) is 16.5. The molecule has 2 rings (SSSR count). The highest BCUT2D eigenvalue weighted by molar-refractivity contribution is 5.61. The topological polar surface area (TPSA) is 48.7 Å². The highest BCUT2D eigenvalue weighted by atomic mass is 16.5. The third-order valence-electron chi connectivity index (χ3n) is 5.05. The second-order valence-corrected chi connectivity index (χ2v) is 6.89. The Labute approximate surface area is 147 Å². The Morgan fingerprint density at radius 1 is 1.17 bits per heavy atom. The average Bonchev–Trinajstić information content (AvgIpc) is 2.91. The van der Waals surface area contributed by atoms with Crippen molar-refractivity contribution in [1.82, 2.24) is 0 Å². The van der Waals surface area contributed by atoms with Crippen LogP contribution in [0.25, 0.3) is 0 Å². The largest absolute Gasteiger partial charge is 0.491 e. The van der Waals surface area contributed by atoms with Crippen LogP contribution < -0.4 is 9.64 Å². The van der Waals surface area contributed by atoms with Gasteiger partial charge in [-0.3, -0.25) is 0 Å². The third-order valence-corrected chi connectivity index (χ3v) is 5.05. The quantitative estimate of drug-likeness (QED) is 0.538. The van der Waals surface area contributed by atoms with Crippen molar-refractivity contribution in [2.24, 2.45) is 11.0 Å². The summed E-state index contributed by atoms with van der Waals surface area (Å²) in [4.78, 5) is 2.45. The van der Waals surface area contributed by atoms with Gasteiger partial charge in [0.05, 0.1) is 6.61 Å². The number of benzene rings is 1. The molecule has 0 bridgehead atoms. The molecule has 1 unspecified atom stereocenters. The minimum atomic E-state index is 0.588. The number of ether oxygens (including phenoxy) is 1. The fourth-order valence-electron chi connectivity index (χ4n) is 3.34. The van der Waals surface area contributed by atoms with Gasteiger partial charge in [-0.2, -0.15) is 5.11 Å². The lowest BCUT2D eigenvalue weighted by molar-refractivity contribution is 0.234. The summed E-state index contributed by atoms with van der Waals surface area (Å²) in [6.07, 6.45) is 10.0. The predicted molar refractivity (Wildman–Crippen MR) is 101 cm³/mol. The van der Waals surface area contributed by atoms with E-state index in [9.17, 15) is 0 Å². The highest BCUT2D eigenvalue weighted by Crippen LogP contribution is 2.33. The molecule has 4 nitrogen and oxygen atoms in total. The Balaban J connectivity index is 2.06. The molecule has 1 N–H and O–H groups in total. The summed E-state index contributed by atoms with van der Waals surface area (Å²) >= 11 is 0. The van der Waals surface area contributed by atoms with Gasteiger partial charge in [0.15, 0.2) is 0 Å². The molecule has 1 aliphatic heterocycles. The van der Waals surface area contributed by atoms with Crippen LogP contribution in [0.5, 0.6) is 5.75 Å². The third kappa shape index (κ3) is 5.50. The molecule has 1 aromatic rings. The van der Waals surface area contributed by atoms with Gasteiger partial charge >= 0.3 is 0 Å². The molecule has 1 atom stereocenters. The number of anilines is 1. The molecule has 1 heterocycles. The minimum Gasteiger partial charge on any atom is -0.491 e. The van der Waals surface area contributed by atoms with Crippen LogP contribution in [0.4, 0.5) is 11.4 Å². The molecule has 1 saturated heterocycles. The zero-order valence-corrected chi connectivity index (χ0v) is 15.4. The molecule has 0 radical (unpaired) electrons. The molecule has 4 heteroatoms. The van der Waals surface area contributed by atoms with Gasteiger partial charge < -0.3 is 9.64 Å². The molecule has 0 aliphatic carbocycles. The number of unbranched alkanes of at least 4 members (excludes halogenated alkanes) is 1. The molecule has 24 heavy (non-hydrogen) atoms. The van der Waals surface area contributed by atoms with E-state index in [2.05, 4.69) is 36.0 Å². The minimum absolute atomic E-state index is 0.588. The van der Waals surface area contributed by atoms with Crippen molar-refractivity contribution in [1.29, 1.82) is 5.53 Å². The van der Waals surface area contributed by atoms with Crippen molar-refractivity contribution >= 4 is 11.4 Å². The van der Waals surface area contributed by atoms with Gasteiger partial charge in [-0.1, -0.05) is 46.0 Å².